The van der Waals surface area contributed by atoms with E-state index in [0.717, 1.165) is 18.0 Å². The fourth-order valence-corrected chi connectivity index (χ4v) is 4.85. The number of fused-ring (bicyclic) bond motifs is 2. The fourth-order valence-electron chi connectivity index (χ4n) is 3.66. The third-order valence-corrected chi connectivity index (χ3v) is 6.23. The average molecular weight is 378 g/mol. The van der Waals surface area contributed by atoms with Crippen LogP contribution in [0.4, 0.5) is 0 Å². The van der Waals surface area contributed by atoms with Crippen LogP contribution < -0.4 is 0 Å². The first kappa shape index (κ1) is 17.9. The number of benzene rings is 2. The number of rotatable bonds is 7. The quantitative estimate of drug-likeness (QED) is 0.722. The van der Waals surface area contributed by atoms with Crippen LogP contribution in [0.2, 0.25) is 0 Å². The first-order valence-corrected chi connectivity index (χ1v) is 10.3. The molecule has 0 bridgehead atoms. The first-order valence-electron chi connectivity index (χ1n) is 9.23. The Hall–Kier alpha value is -2.53. The zero-order valence-corrected chi connectivity index (χ0v) is 15.8. The van der Waals surface area contributed by atoms with Gasteiger partial charge in [0.25, 0.3) is 0 Å². The lowest BCUT2D eigenvalue weighted by Gasteiger charge is -2.28. The summed E-state index contributed by atoms with van der Waals surface area (Å²) in [7, 11) is 0. The predicted octanol–water partition coefficient (Wildman–Crippen LogP) is 4.47. The van der Waals surface area contributed by atoms with Gasteiger partial charge in [-0.15, -0.1) is 11.8 Å². The van der Waals surface area contributed by atoms with Gasteiger partial charge in [-0.05, 0) is 47.1 Å². The van der Waals surface area contributed by atoms with E-state index in [1.807, 2.05) is 18.2 Å². The van der Waals surface area contributed by atoms with Crippen molar-refractivity contribution >= 4 is 34.3 Å². The minimum atomic E-state index is -0.732. The predicted molar refractivity (Wildman–Crippen MR) is 112 cm³/mol. The van der Waals surface area contributed by atoms with Crippen molar-refractivity contribution in [3.63, 3.8) is 0 Å². The highest BCUT2D eigenvalue weighted by molar-refractivity contribution is 7.99. The zero-order valence-electron chi connectivity index (χ0n) is 15.0. The van der Waals surface area contributed by atoms with Crippen LogP contribution in [0.3, 0.4) is 0 Å². The number of carboxylic acids is 1. The molecule has 0 fully saturated rings. The van der Waals surface area contributed by atoms with Gasteiger partial charge in [-0.1, -0.05) is 48.5 Å². The van der Waals surface area contributed by atoms with Crippen LogP contribution in [0.5, 0.6) is 0 Å². The average Bonchev–Trinajstić information content (AvgIpc) is 3.03. The molecule has 0 spiro atoms. The Balaban J connectivity index is 1.55. The highest BCUT2D eigenvalue weighted by Gasteiger charge is 2.35. The van der Waals surface area contributed by atoms with E-state index in [1.54, 1.807) is 11.8 Å². The van der Waals surface area contributed by atoms with Crippen LogP contribution >= 0.6 is 11.8 Å². The Bertz CT molecular complexity index is 930. The number of aliphatic imine (C=N–C) groups is 1. The number of thioether (sulfide) groups is 1. The van der Waals surface area contributed by atoms with Gasteiger partial charge in [0.2, 0.25) is 0 Å². The number of nitrogens with zero attached hydrogens (tertiary/aromatic N) is 2. The zero-order chi connectivity index (χ0) is 18.6. The van der Waals surface area contributed by atoms with Gasteiger partial charge < -0.3 is 10.0 Å². The normalized spacial score (nSPS) is 20.7. The molecule has 5 heteroatoms. The molecule has 138 valence electrons. The molecule has 1 N–H and O–H groups in total. The summed E-state index contributed by atoms with van der Waals surface area (Å²) in [5.41, 5.74) is 1.33. The number of carbonyl (C=O) groups is 1. The maximum Gasteiger partial charge on any atom is 0.303 e. The highest BCUT2D eigenvalue weighted by Crippen LogP contribution is 2.33. The molecule has 4 nitrogen and oxygen atoms in total. The van der Waals surface area contributed by atoms with E-state index in [0.29, 0.717) is 6.42 Å². The van der Waals surface area contributed by atoms with Crippen molar-refractivity contribution < 1.29 is 9.90 Å². The Morgan fingerprint density at radius 2 is 2.00 bits per heavy atom. The van der Waals surface area contributed by atoms with Gasteiger partial charge in [0.05, 0.1) is 6.04 Å². The van der Waals surface area contributed by atoms with E-state index in [-0.39, 0.29) is 17.8 Å². The second kappa shape index (κ2) is 8.01. The summed E-state index contributed by atoms with van der Waals surface area (Å²) in [6.07, 6.45) is 10.0. The molecule has 0 aliphatic carbocycles. The van der Waals surface area contributed by atoms with Gasteiger partial charge in [-0.25, -0.2) is 0 Å². The van der Waals surface area contributed by atoms with Crippen LogP contribution in [0, 0.1) is 0 Å². The SMILES string of the molecule is O=C(O)CCCSC1N=C2C=CC=CN2C1Cc1cccc2ccccc12. The van der Waals surface area contributed by atoms with Gasteiger partial charge in [-0.2, -0.15) is 0 Å². The topological polar surface area (TPSA) is 52.9 Å². The van der Waals surface area contributed by atoms with Gasteiger partial charge in [0, 0.05) is 12.6 Å². The minimum Gasteiger partial charge on any atom is -0.481 e. The molecule has 2 unspecified atom stereocenters. The van der Waals surface area contributed by atoms with Crippen molar-refractivity contribution in [3.05, 3.63) is 72.5 Å². The Morgan fingerprint density at radius 1 is 1.15 bits per heavy atom. The molecule has 4 rings (SSSR count). The lowest BCUT2D eigenvalue weighted by atomic mass is 9.98. The molecule has 2 aromatic carbocycles. The van der Waals surface area contributed by atoms with Gasteiger partial charge in [-0.3, -0.25) is 9.79 Å². The molecule has 2 atom stereocenters. The third kappa shape index (κ3) is 3.93. The molecular formula is C22H22N2O2S. The summed E-state index contributed by atoms with van der Waals surface area (Å²) in [4.78, 5) is 17.9. The Morgan fingerprint density at radius 3 is 2.89 bits per heavy atom. The van der Waals surface area contributed by atoms with E-state index >= 15 is 0 Å². The van der Waals surface area contributed by atoms with E-state index in [9.17, 15) is 4.79 Å². The monoisotopic (exact) mass is 378 g/mol. The van der Waals surface area contributed by atoms with E-state index < -0.39 is 5.97 Å². The van der Waals surface area contributed by atoms with Crippen molar-refractivity contribution in [1.29, 1.82) is 0 Å². The summed E-state index contributed by atoms with van der Waals surface area (Å²) in [6.45, 7) is 0. The molecular weight excluding hydrogens is 356 g/mol. The van der Waals surface area contributed by atoms with Crippen molar-refractivity contribution in [2.45, 2.75) is 30.7 Å². The van der Waals surface area contributed by atoms with Crippen LogP contribution in [-0.2, 0) is 11.2 Å². The number of aliphatic carboxylic acids is 1. The largest absolute Gasteiger partial charge is 0.481 e. The molecule has 2 aliphatic rings. The Kier molecular flexibility index (Phi) is 5.30. The molecule has 2 heterocycles. The molecule has 2 aromatic rings. The van der Waals surface area contributed by atoms with Crippen molar-refractivity contribution in [3.8, 4) is 0 Å². The number of hydrogen-bond donors (Lipinski definition) is 1. The van der Waals surface area contributed by atoms with Crippen molar-refractivity contribution in [1.82, 2.24) is 4.90 Å². The molecule has 0 saturated carbocycles. The number of hydrogen-bond acceptors (Lipinski definition) is 4. The second-order valence-corrected chi connectivity index (χ2v) is 7.99. The Labute approximate surface area is 163 Å². The van der Waals surface area contributed by atoms with Gasteiger partial charge in [0.1, 0.15) is 11.2 Å². The fraction of sp³-hybridized carbons (Fsp3) is 0.273. The summed E-state index contributed by atoms with van der Waals surface area (Å²) in [6, 6.07) is 15.2. The van der Waals surface area contributed by atoms with E-state index in [2.05, 4.69) is 53.6 Å². The molecule has 2 aliphatic heterocycles. The van der Waals surface area contributed by atoms with Crippen LogP contribution in [-0.4, -0.2) is 39.0 Å². The molecule has 0 aromatic heterocycles. The first-order chi connectivity index (χ1) is 13.2. The second-order valence-electron chi connectivity index (χ2n) is 6.76. The molecule has 0 amide bonds. The highest BCUT2D eigenvalue weighted by atomic mass is 32.2. The minimum absolute atomic E-state index is 0.111. The van der Waals surface area contributed by atoms with Gasteiger partial charge in [0.15, 0.2) is 0 Å². The number of allylic oxidation sites excluding steroid dienone is 2. The van der Waals surface area contributed by atoms with Gasteiger partial charge >= 0.3 is 5.97 Å². The van der Waals surface area contributed by atoms with Crippen LogP contribution in [0.15, 0.2) is 71.9 Å². The summed E-state index contributed by atoms with van der Waals surface area (Å²) < 4.78 is 0. The van der Waals surface area contributed by atoms with E-state index in [1.165, 1.54) is 16.3 Å². The summed E-state index contributed by atoms with van der Waals surface area (Å²) >= 11 is 1.76. The third-order valence-electron chi connectivity index (χ3n) is 4.95. The molecule has 0 radical (unpaired) electrons. The lowest BCUT2D eigenvalue weighted by molar-refractivity contribution is -0.137. The van der Waals surface area contributed by atoms with Crippen LogP contribution in [0.25, 0.3) is 10.8 Å². The lowest BCUT2D eigenvalue weighted by Crippen LogP contribution is -2.37. The van der Waals surface area contributed by atoms with E-state index in [4.69, 9.17) is 10.1 Å². The maximum absolute atomic E-state index is 10.8. The smallest absolute Gasteiger partial charge is 0.303 e. The molecule has 27 heavy (non-hydrogen) atoms. The number of amidine groups is 1. The summed E-state index contributed by atoms with van der Waals surface area (Å²) in [5.74, 6) is 1.07. The molecule has 0 saturated heterocycles. The maximum atomic E-state index is 10.8. The summed E-state index contributed by atoms with van der Waals surface area (Å²) in [5, 5.41) is 11.5. The number of carboxylic acid groups (broad SMARTS) is 1. The van der Waals surface area contributed by atoms with Crippen molar-refractivity contribution in [2.24, 2.45) is 4.99 Å². The van der Waals surface area contributed by atoms with Crippen molar-refractivity contribution in [2.75, 3.05) is 5.75 Å². The standard InChI is InChI=1S/C22H22N2O2S/c25-21(26)12-6-14-27-22-19(24-13-4-3-11-20(24)23-22)15-17-9-5-8-16-7-1-2-10-18(16)17/h1-5,7-11,13,19,22H,6,12,14-15H2,(H,25,26). The van der Waals surface area contributed by atoms with Crippen LogP contribution in [0.1, 0.15) is 18.4 Å².